The van der Waals surface area contributed by atoms with Crippen LogP contribution in [0.25, 0.3) is 0 Å². The van der Waals surface area contributed by atoms with Crippen LogP contribution in [-0.4, -0.2) is 34.7 Å². The first kappa shape index (κ1) is 14.0. The van der Waals surface area contributed by atoms with Crippen molar-refractivity contribution < 1.29 is 9.18 Å². The molecule has 0 radical (unpaired) electrons. The predicted octanol–water partition coefficient (Wildman–Crippen LogP) is 1.35. The molecule has 1 amide bonds. The second-order valence-corrected chi connectivity index (χ2v) is 4.20. The van der Waals surface area contributed by atoms with E-state index in [9.17, 15) is 9.18 Å². The van der Waals surface area contributed by atoms with E-state index in [0.717, 1.165) is 12.2 Å². The van der Waals surface area contributed by atoms with E-state index in [1.54, 1.807) is 13.1 Å². The van der Waals surface area contributed by atoms with Gasteiger partial charge in [0, 0.05) is 20.0 Å². The van der Waals surface area contributed by atoms with Gasteiger partial charge < -0.3 is 10.6 Å². The lowest BCUT2D eigenvalue weighted by Crippen LogP contribution is -2.26. The molecule has 0 aliphatic carbocycles. The molecule has 2 aromatic rings. The van der Waals surface area contributed by atoms with Gasteiger partial charge in [-0.05, 0) is 18.6 Å². The maximum Gasteiger partial charge on any atom is 0.253 e. The van der Waals surface area contributed by atoms with E-state index in [-0.39, 0.29) is 11.6 Å². The Labute approximate surface area is 115 Å². The lowest BCUT2D eigenvalue weighted by atomic mass is 10.1. The molecule has 6 nitrogen and oxygen atoms in total. The molecule has 0 atom stereocenters. The number of nitrogens with one attached hydrogen (secondary N) is 3. The number of aromatic nitrogens is 3. The van der Waals surface area contributed by atoms with Crippen molar-refractivity contribution in [1.82, 2.24) is 20.5 Å². The summed E-state index contributed by atoms with van der Waals surface area (Å²) in [6.07, 6.45) is 2.87. The van der Waals surface area contributed by atoms with Crippen molar-refractivity contribution >= 4 is 11.6 Å². The Kier molecular flexibility index (Phi) is 4.65. The van der Waals surface area contributed by atoms with Crippen molar-refractivity contribution in [3.63, 3.8) is 0 Å². The Bertz CT molecular complexity index is 570. The van der Waals surface area contributed by atoms with Gasteiger partial charge >= 0.3 is 0 Å². The summed E-state index contributed by atoms with van der Waals surface area (Å²) < 4.78 is 13.5. The molecule has 0 unspecified atom stereocenters. The molecule has 7 heteroatoms. The van der Waals surface area contributed by atoms with Crippen molar-refractivity contribution in [3.8, 4) is 0 Å². The van der Waals surface area contributed by atoms with E-state index in [1.807, 2.05) is 0 Å². The van der Waals surface area contributed by atoms with E-state index in [2.05, 4.69) is 25.8 Å². The van der Waals surface area contributed by atoms with Gasteiger partial charge in [0.15, 0.2) is 0 Å². The largest absolute Gasteiger partial charge is 0.385 e. The number of hydrogen-bond donors (Lipinski definition) is 3. The number of anilines is 1. The highest BCUT2D eigenvalue weighted by Gasteiger charge is 2.13. The Balaban J connectivity index is 1.87. The van der Waals surface area contributed by atoms with Gasteiger partial charge in [0.2, 0.25) is 0 Å². The Hall–Kier alpha value is -2.44. The third kappa shape index (κ3) is 3.31. The molecule has 20 heavy (non-hydrogen) atoms. The van der Waals surface area contributed by atoms with E-state index in [4.69, 9.17) is 0 Å². The number of rotatable bonds is 6. The number of aromatic amines is 1. The van der Waals surface area contributed by atoms with E-state index in [1.165, 1.54) is 18.5 Å². The fourth-order valence-corrected chi connectivity index (χ4v) is 1.87. The highest BCUT2D eigenvalue weighted by Crippen LogP contribution is 2.18. The third-order valence-corrected chi connectivity index (χ3v) is 2.85. The quantitative estimate of drug-likeness (QED) is 0.696. The molecule has 1 aromatic carbocycles. The molecule has 3 N–H and O–H groups in total. The first-order valence-electron chi connectivity index (χ1n) is 6.31. The van der Waals surface area contributed by atoms with Gasteiger partial charge in [-0.2, -0.15) is 5.10 Å². The lowest BCUT2D eigenvalue weighted by Gasteiger charge is -2.10. The number of halogens is 1. The summed E-state index contributed by atoms with van der Waals surface area (Å²) in [6.45, 7) is 0.485. The Morgan fingerprint density at radius 3 is 3.00 bits per heavy atom. The maximum absolute atomic E-state index is 13.5. The number of nitrogens with zero attached hydrogens (tertiary/aromatic N) is 2. The van der Waals surface area contributed by atoms with Crippen LogP contribution in [0, 0.1) is 5.82 Å². The minimum absolute atomic E-state index is 0.209. The highest BCUT2D eigenvalue weighted by molar-refractivity contribution is 5.99. The molecule has 106 valence electrons. The summed E-state index contributed by atoms with van der Waals surface area (Å²) in [4.78, 5) is 16.0. The van der Waals surface area contributed by atoms with Crippen LogP contribution >= 0.6 is 0 Å². The molecule has 0 fully saturated rings. The molecule has 0 aliphatic rings. The smallest absolute Gasteiger partial charge is 0.253 e. The number of hydrogen-bond acceptors (Lipinski definition) is 4. The lowest BCUT2D eigenvalue weighted by molar-refractivity contribution is 0.0953. The van der Waals surface area contributed by atoms with Crippen LogP contribution < -0.4 is 10.6 Å². The van der Waals surface area contributed by atoms with E-state index < -0.39 is 5.82 Å². The summed E-state index contributed by atoms with van der Waals surface area (Å²) in [6, 6.07) is 4.41. The average molecular weight is 277 g/mol. The molecule has 2 rings (SSSR count). The van der Waals surface area contributed by atoms with Crippen LogP contribution in [0.2, 0.25) is 0 Å². The molecular weight excluding hydrogens is 261 g/mol. The Morgan fingerprint density at radius 1 is 1.45 bits per heavy atom. The van der Waals surface area contributed by atoms with Crippen LogP contribution in [0.3, 0.4) is 0 Å². The van der Waals surface area contributed by atoms with Crippen LogP contribution in [0.5, 0.6) is 0 Å². The van der Waals surface area contributed by atoms with Gasteiger partial charge in [0.1, 0.15) is 18.0 Å². The number of H-pyrrole nitrogens is 1. The van der Waals surface area contributed by atoms with Gasteiger partial charge in [0.25, 0.3) is 5.91 Å². The molecule has 0 saturated heterocycles. The second-order valence-electron chi connectivity index (χ2n) is 4.20. The molecule has 0 saturated carbocycles. The first-order chi connectivity index (χ1) is 9.72. The number of benzene rings is 1. The number of carbonyl (C=O) groups is 1. The second kappa shape index (κ2) is 6.65. The van der Waals surface area contributed by atoms with Crippen molar-refractivity contribution in [1.29, 1.82) is 0 Å². The summed E-state index contributed by atoms with van der Waals surface area (Å²) >= 11 is 0. The van der Waals surface area contributed by atoms with Gasteiger partial charge in [-0.1, -0.05) is 6.07 Å². The maximum atomic E-state index is 13.5. The van der Waals surface area contributed by atoms with Crippen LogP contribution in [0.4, 0.5) is 10.1 Å². The zero-order valence-electron chi connectivity index (χ0n) is 11.1. The highest BCUT2D eigenvalue weighted by atomic mass is 19.1. The Morgan fingerprint density at radius 2 is 2.30 bits per heavy atom. The predicted molar refractivity (Wildman–Crippen MR) is 73.0 cm³/mol. The van der Waals surface area contributed by atoms with Crippen molar-refractivity contribution in [2.75, 3.05) is 18.9 Å². The zero-order valence-corrected chi connectivity index (χ0v) is 11.1. The van der Waals surface area contributed by atoms with Crippen molar-refractivity contribution in [3.05, 3.63) is 41.7 Å². The molecule has 1 heterocycles. The SMILES string of the molecule is CNc1c(F)cccc1C(=O)NCCCc1ncn[nH]1. The molecular formula is C13H16FN5O. The summed E-state index contributed by atoms with van der Waals surface area (Å²) in [5.74, 6) is 0.0362. The number of aryl methyl sites for hydroxylation is 1. The standard InChI is InChI=1S/C13H16FN5O/c1-15-12-9(4-2-5-10(12)14)13(20)16-7-3-6-11-17-8-18-19-11/h2,4-5,8,15H,3,6-7H2,1H3,(H,16,20)(H,17,18,19). The first-order valence-corrected chi connectivity index (χ1v) is 6.31. The molecule has 0 aliphatic heterocycles. The molecule has 0 bridgehead atoms. The molecule has 1 aromatic heterocycles. The number of para-hydroxylation sites is 1. The van der Waals surface area contributed by atoms with Gasteiger partial charge in [0.05, 0.1) is 11.3 Å². The van der Waals surface area contributed by atoms with Gasteiger partial charge in [-0.3, -0.25) is 9.89 Å². The van der Waals surface area contributed by atoms with Crippen molar-refractivity contribution in [2.45, 2.75) is 12.8 Å². The summed E-state index contributed by atoms with van der Waals surface area (Å²) in [7, 11) is 1.58. The average Bonchev–Trinajstić information content (AvgIpc) is 2.96. The molecule has 0 spiro atoms. The number of amides is 1. The number of carbonyl (C=O) groups excluding carboxylic acids is 1. The van der Waals surface area contributed by atoms with E-state index in [0.29, 0.717) is 18.5 Å². The summed E-state index contributed by atoms with van der Waals surface area (Å²) in [5, 5.41) is 11.9. The third-order valence-electron chi connectivity index (χ3n) is 2.85. The fraction of sp³-hybridized carbons (Fsp3) is 0.308. The summed E-state index contributed by atoms with van der Waals surface area (Å²) in [5.41, 5.74) is 0.507. The fourth-order valence-electron chi connectivity index (χ4n) is 1.87. The van der Waals surface area contributed by atoms with Crippen LogP contribution in [0.15, 0.2) is 24.5 Å². The van der Waals surface area contributed by atoms with Gasteiger partial charge in [-0.25, -0.2) is 9.37 Å². The topological polar surface area (TPSA) is 82.7 Å². The van der Waals surface area contributed by atoms with Gasteiger partial charge in [-0.15, -0.1) is 0 Å². The minimum Gasteiger partial charge on any atom is -0.385 e. The minimum atomic E-state index is -0.443. The van der Waals surface area contributed by atoms with Crippen LogP contribution in [0.1, 0.15) is 22.6 Å². The van der Waals surface area contributed by atoms with Crippen molar-refractivity contribution in [2.24, 2.45) is 0 Å². The van der Waals surface area contributed by atoms with E-state index >= 15 is 0 Å². The monoisotopic (exact) mass is 277 g/mol. The van der Waals surface area contributed by atoms with Crippen LogP contribution in [-0.2, 0) is 6.42 Å². The zero-order chi connectivity index (χ0) is 14.4. The normalized spacial score (nSPS) is 10.3.